The average molecular weight is 227 g/mol. The summed E-state index contributed by atoms with van der Waals surface area (Å²) in [5.74, 6) is -0.555. The van der Waals surface area contributed by atoms with Crippen molar-refractivity contribution in [3.8, 4) is 0 Å². The number of aryl methyl sites for hydroxylation is 1. The maximum atomic E-state index is 13.0. The molecule has 1 aromatic carbocycles. The summed E-state index contributed by atoms with van der Waals surface area (Å²) in [5, 5.41) is 0.0851. The highest BCUT2D eigenvalue weighted by Gasteiger charge is 2.12. The third kappa shape index (κ3) is 1.68. The summed E-state index contributed by atoms with van der Waals surface area (Å²) in [6.45, 7) is 1.55. The number of aromatic nitrogens is 1. The number of fused-ring (bicyclic) bond motifs is 1. The molecule has 2 nitrogen and oxygen atoms in total. The highest BCUT2D eigenvalue weighted by molar-refractivity contribution is 5.81. The lowest BCUT2D eigenvalue weighted by atomic mass is 10.1. The first-order valence-corrected chi connectivity index (χ1v) is 4.60. The number of benzene rings is 1. The van der Waals surface area contributed by atoms with Gasteiger partial charge >= 0.3 is 0 Å². The molecular weight excluding hydrogens is 219 g/mol. The van der Waals surface area contributed by atoms with Crippen LogP contribution in [0.2, 0.25) is 0 Å². The maximum absolute atomic E-state index is 13.0. The van der Waals surface area contributed by atoms with Crippen LogP contribution in [0.5, 0.6) is 0 Å². The number of pyridine rings is 1. The number of aromatic amines is 1. The standard InChI is InChI=1S/C11H8F3NO/c1-5-2-6(12)3-7-9(16)4-8(11(13)14)15-10(5)7/h2-4,11H,1H3,(H,15,16). The topological polar surface area (TPSA) is 32.9 Å². The number of hydrogen-bond acceptors (Lipinski definition) is 1. The third-order valence-electron chi connectivity index (χ3n) is 2.36. The molecule has 0 saturated carbocycles. The highest BCUT2D eigenvalue weighted by atomic mass is 19.3. The van der Waals surface area contributed by atoms with Gasteiger partial charge in [0.2, 0.25) is 0 Å². The first-order chi connectivity index (χ1) is 7.49. The lowest BCUT2D eigenvalue weighted by molar-refractivity contribution is 0.146. The van der Waals surface area contributed by atoms with Crippen LogP contribution in [0, 0.1) is 12.7 Å². The number of hydrogen-bond donors (Lipinski definition) is 1. The molecule has 0 aliphatic rings. The van der Waals surface area contributed by atoms with Gasteiger partial charge in [0, 0.05) is 11.5 Å². The first-order valence-electron chi connectivity index (χ1n) is 4.60. The molecule has 0 spiro atoms. The van der Waals surface area contributed by atoms with Crippen molar-refractivity contribution in [1.29, 1.82) is 0 Å². The monoisotopic (exact) mass is 227 g/mol. The van der Waals surface area contributed by atoms with Gasteiger partial charge in [0.25, 0.3) is 6.43 Å². The molecule has 0 unspecified atom stereocenters. The minimum Gasteiger partial charge on any atom is -0.353 e. The summed E-state index contributed by atoms with van der Waals surface area (Å²) in [5.41, 5.74) is -0.377. The molecule has 2 rings (SSSR count). The molecule has 84 valence electrons. The smallest absolute Gasteiger partial charge is 0.278 e. The molecule has 1 heterocycles. The highest BCUT2D eigenvalue weighted by Crippen LogP contribution is 2.20. The molecule has 0 aliphatic heterocycles. The Labute approximate surface area is 88.7 Å². The Morgan fingerprint density at radius 3 is 2.56 bits per heavy atom. The molecule has 0 saturated heterocycles. The van der Waals surface area contributed by atoms with Crippen LogP contribution >= 0.6 is 0 Å². The predicted molar refractivity (Wildman–Crippen MR) is 54.2 cm³/mol. The molecule has 16 heavy (non-hydrogen) atoms. The Kier molecular flexibility index (Phi) is 2.46. The van der Waals surface area contributed by atoms with Crippen LogP contribution in [0.25, 0.3) is 10.9 Å². The second kappa shape index (κ2) is 3.66. The normalized spacial score (nSPS) is 11.3. The second-order valence-electron chi connectivity index (χ2n) is 3.53. The third-order valence-corrected chi connectivity index (χ3v) is 2.36. The Balaban J connectivity index is 2.87. The van der Waals surface area contributed by atoms with Gasteiger partial charge in [-0.3, -0.25) is 4.79 Å². The summed E-state index contributed by atoms with van der Waals surface area (Å²) >= 11 is 0. The lowest BCUT2D eigenvalue weighted by Crippen LogP contribution is -2.07. The molecule has 1 aromatic heterocycles. The number of alkyl halides is 2. The predicted octanol–water partition coefficient (Wildman–Crippen LogP) is 2.91. The van der Waals surface area contributed by atoms with Crippen LogP contribution in [0.1, 0.15) is 17.7 Å². The Morgan fingerprint density at radius 2 is 1.94 bits per heavy atom. The van der Waals surface area contributed by atoms with Crippen LogP contribution < -0.4 is 5.43 Å². The number of nitrogens with one attached hydrogen (secondary N) is 1. The summed E-state index contributed by atoms with van der Waals surface area (Å²) in [7, 11) is 0. The van der Waals surface area contributed by atoms with E-state index in [2.05, 4.69) is 4.98 Å². The van der Waals surface area contributed by atoms with Crippen molar-refractivity contribution in [3.63, 3.8) is 0 Å². The van der Waals surface area contributed by atoms with Gasteiger partial charge in [-0.1, -0.05) is 0 Å². The van der Waals surface area contributed by atoms with Gasteiger partial charge in [-0.05, 0) is 24.6 Å². The quantitative estimate of drug-likeness (QED) is 0.798. The van der Waals surface area contributed by atoms with E-state index < -0.39 is 23.4 Å². The summed E-state index contributed by atoms with van der Waals surface area (Å²) in [6, 6.07) is 3.02. The average Bonchev–Trinajstić information content (AvgIpc) is 2.19. The van der Waals surface area contributed by atoms with Crippen LogP contribution in [0.15, 0.2) is 23.0 Å². The zero-order chi connectivity index (χ0) is 11.9. The summed E-state index contributed by atoms with van der Waals surface area (Å²) < 4.78 is 37.9. The number of rotatable bonds is 1. The fourth-order valence-electron chi connectivity index (χ4n) is 1.62. The van der Waals surface area contributed by atoms with Crippen LogP contribution in [-0.4, -0.2) is 4.98 Å². The van der Waals surface area contributed by atoms with Crippen molar-refractivity contribution in [2.75, 3.05) is 0 Å². The van der Waals surface area contributed by atoms with E-state index in [4.69, 9.17) is 0 Å². The zero-order valence-electron chi connectivity index (χ0n) is 8.35. The van der Waals surface area contributed by atoms with Gasteiger partial charge in [-0.2, -0.15) is 0 Å². The van der Waals surface area contributed by atoms with E-state index in [1.54, 1.807) is 6.92 Å². The molecule has 0 fully saturated rings. The van der Waals surface area contributed by atoms with Crippen LogP contribution in [0.4, 0.5) is 13.2 Å². The van der Waals surface area contributed by atoms with Crippen molar-refractivity contribution in [3.05, 3.63) is 45.5 Å². The molecule has 5 heteroatoms. The molecule has 0 radical (unpaired) electrons. The van der Waals surface area contributed by atoms with Crippen molar-refractivity contribution in [1.82, 2.24) is 4.98 Å². The van der Waals surface area contributed by atoms with E-state index in [-0.39, 0.29) is 10.9 Å². The van der Waals surface area contributed by atoms with Crippen molar-refractivity contribution in [2.24, 2.45) is 0 Å². The van der Waals surface area contributed by atoms with Crippen molar-refractivity contribution >= 4 is 10.9 Å². The molecule has 2 aromatic rings. The Hall–Kier alpha value is -1.78. The van der Waals surface area contributed by atoms with Gasteiger partial charge in [-0.15, -0.1) is 0 Å². The molecule has 1 N–H and O–H groups in total. The van der Waals surface area contributed by atoms with Crippen molar-refractivity contribution in [2.45, 2.75) is 13.3 Å². The summed E-state index contributed by atoms with van der Waals surface area (Å²) in [4.78, 5) is 13.9. The molecule has 0 aliphatic carbocycles. The van der Waals surface area contributed by atoms with E-state index in [0.29, 0.717) is 5.56 Å². The first kappa shape index (κ1) is 10.7. The van der Waals surface area contributed by atoms with Crippen LogP contribution in [-0.2, 0) is 0 Å². The second-order valence-corrected chi connectivity index (χ2v) is 3.53. The van der Waals surface area contributed by atoms with Gasteiger partial charge in [-0.25, -0.2) is 13.2 Å². The molecule has 0 atom stereocenters. The summed E-state index contributed by atoms with van der Waals surface area (Å²) in [6.07, 6.45) is -2.75. The van der Waals surface area contributed by atoms with E-state index >= 15 is 0 Å². The van der Waals surface area contributed by atoms with Gasteiger partial charge in [0.05, 0.1) is 11.2 Å². The molecular formula is C11H8F3NO. The zero-order valence-corrected chi connectivity index (χ0v) is 8.35. The van der Waals surface area contributed by atoms with Crippen LogP contribution in [0.3, 0.4) is 0 Å². The SMILES string of the molecule is Cc1cc(F)cc2c(=O)cc(C(F)F)[nH]c12. The maximum Gasteiger partial charge on any atom is 0.278 e. The van der Waals surface area contributed by atoms with E-state index in [0.717, 1.165) is 12.1 Å². The molecule has 0 amide bonds. The number of H-pyrrole nitrogens is 1. The van der Waals surface area contributed by atoms with Gasteiger partial charge < -0.3 is 4.98 Å². The number of halogens is 3. The van der Waals surface area contributed by atoms with E-state index in [1.165, 1.54) is 6.07 Å². The van der Waals surface area contributed by atoms with E-state index in [9.17, 15) is 18.0 Å². The van der Waals surface area contributed by atoms with E-state index in [1.807, 2.05) is 0 Å². The Bertz CT molecular complexity index is 604. The minimum atomic E-state index is -2.75. The largest absolute Gasteiger partial charge is 0.353 e. The van der Waals surface area contributed by atoms with Gasteiger partial charge in [0.1, 0.15) is 5.82 Å². The lowest BCUT2D eigenvalue weighted by Gasteiger charge is -2.05. The Morgan fingerprint density at radius 1 is 1.25 bits per heavy atom. The van der Waals surface area contributed by atoms with Crippen molar-refractivity contribution < 1.29 is 13.2 Å². The van der Waals surface area contributed by atoms with Gasteiger partial charge in [0.15, 0.2) is 5.43 Å². The molecule has 0 bridgehead atoms. The minimum absolute atomic E-state index is 0.0851. The fraction of sp³-hybridized carbons (Fsp3) is 0.182. The fourth-order valence-corrected chi connectivity index (χ4v) is 1.62.